The minimum atomic E-state index is -4.36. The molecule has 0 saturated carbocycles. The Morgan fingerprint density at radius 2 is 2.06 bits per heavy atom. The molecule has 2 N–H and O–H groups in total. The van der Waals surface area contributed by atoms with Crippen molar-refractivity contribution in [2.75, 3.05) is 6.61 Å². The molecule has 0 atom stereocenters. The second-order valence-corrected chi connectivity index (χ2v) is 3.48. The van der Waals surface area contributed by atoms with E-state index in [0.717, 1.165) is 0 Å². The molecule has 0 aliphatic rings. The smallest absolute Gasteiger partial charge is 0.392 e. The summed E-state index contributed by atoms with van der Waals surface area (Å²) in [7, 11) is 0. The van der Waals surface area contributed by atoms with Crippen LogP contribution < -0.4 is 10.5 Å². The number of hydrogen-bond donors (Lipinski definition) is 1. The molecule has 100 valence electrons. The normalized spacial score (nSPS) is 11.3. The number of rotatable bonds is 5. The second kappa shape index (κ2) is 5.67. The Morgan fingerprint density at radius 3 is 2.56 bits per heavy atom. The Balaban J connectivity index is 2.79. The summed E-state index contributed by atoms with van der Waals surface area (Å²) in [5, 5.41) is 10.7. The first-order chi connectivity index (χ1) is 8.33. The predicted molar refractivity (Wildman–Crippen MR) is 57.2 cm³/mol. The first-order valence-corrected chi connectivity index (χ1v) is 5.00. The molecule has 0 fully saturated rings. The Labute approximate surface area is 100 Å². The predicted octanol–water partition coefficient (Wildman–Crippen LogP) is 2.38. The van der Waals surface area contributed by atoms with Gasteiger partial charge in [0.1, 0.15) is 0 Å². The molecule has 1 rings (SSSR count). The number of alkyl halides is 3. The summed E-state index contributed by atoms with van der Waals surface area (Å²) in [6, 6.07) is 3.90. The number of nitro groups is 1. The Hall–Kier alpha value is -1.83. The summed E-state index contributed by atoms with van der Waals surface area (Å²) in [6.07, 6.45) is -5.52. The van der Waals surface area contributed by atoms with Crippen LogP contribution in [0.4, 0.5) is 18.9 Å². The number of ether oxygens (including phenoxy) is 1. The van der Waals surface area contributed by atoms with Gasteiger partial charge in [0.05, 0.1) is 18.0 Å². The van der Waals surface area contributed by atoms with Crippen LogP contribution in [-0.4, -0.2) is 17.7 Å². The van der Waals surface area contributed by atoms with Crippen molar-refractivity contribution in [3.05, 3.63) is 33.9 Å². The summed E-state index contributed by atoms with van der Waals surface area (Å²) >= 11 is 0. The molecule has 0 amide bonds. The first kappa shape index (κ1) is 14.2. The SMILES string of the molecule is NCc1ccc(OCCC(F)(F)F)c([N+](=O)[O-])c1. The number of nitrogens with zero attached hydrogens (tertiary/aromatic N) is 1. The van der Waals surface area contributed by atoms with Crippen molar-refractivity contribution in [1.82, 2.24) is 0 Å². The molecule has 8 heteroatoms. The van der Waals surface area contributed by atoms with Crippen molar-refractivity contribution >= 4 is 5.69 Å². The van der Waals surface area contributed by atoms with Crippen molar-refractivity contribution in [1.29, 1.82) is 0 Å². The minimum absolute atomic E-state index is 0.101. The van der Waals surface area contributed by atoms with Crippen LogP contribution in [0.1, 0.15) is 12.0 Å². The lowest BCUT2D eigenvalue weighted by Gasteiger charge is -2.09. The summed E-state index contributed by atoms with van der Waals surface area (Å²) in [5.74, 6) is -0.193. The maximum Gasteiger partial charge on any atom is 0.392 e. The lowest BCUT2D eigenvalue weighted by molar-refractivity contribution is -0.386. The van der Waals surface area contributed by atoms with Crippen LogP contribution in [0.5, 0.6) is 5.75 Å². The van der Waals surface area contributed by atoms with Crippen LogP contribution in [0, 0.1) is 10.1 Å². The van der Waals surface area contributed by atoms with E-state index in [1.165, 1.54) is 18.2 Å². The highest BCUT2D eigenvalue weighted by molar-refractivity contribution is 5.48. The van der Waals surface area contributed by atoms with Gasteiger partial charge >= 0.3 is 11.9 Å². The highest BCUT2D eigenvalue weighted by Gasteiger charge is 2.27. The minimum Gasteiger partial charge on any atom is -0.486 e. The monoisotopic (exact) mass is 264 g/mol. The van der Waals surface area contributed by atoms with E-state index in [9.17, 15) is 23.3 Å². The van der Waals surface area contributed by atoms with E-state index < -0.39 is 24.1 Å². The van der Waals surface area contributed by atoms with Gasteiger partial charge in [0.15, 0.2) is 5.75 Å². The number of benzene rings is 1. The van der Waals surface area contributed by atoms with E-state index in [1.807, 2.05) is 0 Å². The molecule has 0 spiro atoms. The molecule has 0 bridgehead atoms. The molecular weight excluding hydrogens is 253 g/mol. The second-order valence-electron chi connectivity index (χ2n) is 3.48. The Morgan fingerprint density at radius 1 is 1.39 bits per heavy atom. The van der Waals surface area contributed by atoms with Gasteiger partial charge in [0.2, 0.25) is 0 Å². The fourth-order valence-electron chi connectivity index (χ4n) is 1.23. The highest BCUT2D eigenvalue weighted by Crippen LogP contribution is 2.29. The fraction of sp³-hybridized carbons (Fsp3) is 0.400. The van der Waals surface area contributed by atoms with E-state index in [4.69, 9.17) is 10.5 Å². The quantitative estimate of drug-likeness (QED) is 0.654. The van der Waals surface area contributed by atoms with Gasteiger partial charge in [-0.3, -0.25) is 10.1 Å². The van der Waals surface area contributed by atoms with Crippen molar-refractivity contribution in [3.8, 4) is 5.75 Å². The average molecular weight is 264 g/mol. The van der Waals surface area contributed by atoms with Gasteiger partial charge in [-0.05, 0) is 11.6 Å². The molecule has 0 heterocycles. The summed E-state index contributed by atoms with van der Waals surface area (Å²) in [6.45, 7) is -0.560. The van der Waals surface area contributed by atoms with Crippen LogP contribution in [0.3, 0.4) is 0 Å². The molecule has 0 radical (unpaired) electrons. The highest BCUT2D eigenvalue weighted by atomic mass is 19.4. The van der Waals surface area contributed by atoms with Crippen molar-refractivity contribution < 1.29 is 22.8 Å². The molecule has 0 aliphatic carbocycles. The zero-order valence-electron chi connectivity index (χ0n) is 9.24. The lowest BCUT2D eigenvalue weighted by atomic mass is 10.2. The number of nitrogens with two attached hydrogens (primary N) is 1. The zero-order valence-corrected chi connectivity index (χ0v) is 9.24. The van der Waals surface area contributed by atoms with Gasteiger partial charge in [-0.15, -0.1) is 0 Å². The van der Waals surface area contributed by atoms with Crippen LogP contribution in [0.15, 0.2) is 18.2 Å². The molecular formula is C10H11F3N2O3. The van der Waals surface area contributed by atoms with Crippen LogP contribution in [0.25, 0.3) is 0 Å². The number of halogens is 3. The van der Waals surface area contributed by atoms with Gasteiger partial charge < -0.3 is 10.5 Å². The topological polar surface area (TPSA) is 78.4 Å². The standard InChI is InChI=1S/C10H11F3N2O3/c11-10(12,13)3-4-18-9-2-1-7(6-14)5-8(9)15(16)17/h1-2,5H,3-4,6,14H2. The Bertz CT molecular complexity index is 435. The fourth-order valence-corrected chi connectivity index (χ4v) is 1.23. The van der Waals surface area contributed by atoms with Crippen molar-refractivity contribution in [2.45, 2.75) is 19.1 Å². The van der Waals surface area contributed by atoms with Crippen LogP contribution >= 0.6 is 0 Å². The third-order valence-electron chi connectivity index (χ3n) is 2.10. The lowest BCUT2D eigenvalue weighted by Crippen LogP contribution is -2.13. The molecule has 1 aromatic rings. The van der Waals surface area contributed by atoms with E-state index in [-0.39, 0.29) is 18.0 Å². The largest absolute Gasteiger partial charge is 0.486 e. The van der Waals surface area contributed by atoms with Gasteiger partial charge in [-0.2, -0.15) is 13.2 Å². The molecule has 1 aromatic carbocycles. The van der Waals surface area contributed by atoms with Crippen LogP contribution in [-0.2, 0) is 6.54 Å². The third kappa shape index (κ3) is 4.21. The van der Waals surface area contributed by atoms with Crippen LogP contribution in [0.2, 0.25) is 0 Å². The van der Waals surface area contributed by atoms with Crippen molar-refractivity contribution in [2.24, 2.45) is 5.73 Å². The molecule has 0 unspecified atom stereocenters. The van der Waals surface area contributed by atoms with E-state index in [0.29, 0.717) is 5.56 Å². The molecule has 18 heavy (non-hydrogen) atoms. The van der Waals surface area contributed by atoms with Gasteiger partial charge in [-0.1, -0.05) is 6.07 Å². The summed E-state index contributed by atoms with van der Waals surface area (Å²) < 4.78 is 40.5. The van der Waals surface area contributed by atoms with E-state index in [2.05, 4.69) is 0 Å². The molecule has 0 saturated heterocycles. The molecule has 5 nitrogen and oxygen atoms in total. The van der Waals surface area contributed by atoms with Gasteiger partial charge in [0.25, 0.3) is 0 Å². The van der Waals surface area contributed by atoms with Crippen molar-refractivity contribution in [3.63, 3.8) is 0 Å². The average Bonchev–Trinajstić information content (AvgIpc) is 2.27. The van der Waals surface area contributed by atoms with Gasteiger partial charge in [0, 0.05) is 12.6 Å². The zero-order chi connectivity index (χ0) is 13.8. The first-order valence-electron chi connectivity index (χ1n) is 5.00. The summed E-state index contributed by atoms with van der Waals surface area (Å²) in [4.78, 5) is 9.99. The maximum absolute atomic E-state index is 11.9. The van der Waals surface area contributed by atoms with E-state index >= 15 is 0 Å². The number of hydrogen-bond acceptors (Lipinski definition) is 4. The van der Waals surface area contributed by atoms with Gasteiger partial charge in [-0.25, -0.2) is 0 Å². The Kier molecular flexibility index (Phi) is 4.49. The maximum atomic E-state index is 11.9. The molecule has 0 aliphatic heterocycles. The molecule has 0 aromatic heterocycles. The third-order valence-corrected chi connectivity index (χ3v) is 2.10. The number of nitro benzene ring substituents is 1. The summed E-state index contributed by atoms with van der Waals surface area (Å²) in [5.41, 5.74) is 5.43. The van der Waals surface area contributed by atoms with E-state index in [1.54, 1.807) is 0 Å².